The standard InChI is InChI=1S/C8H9NO6S/c9-7(8(11)12)5-3-4(16(13,14)15)1-2-6(5)10/h1-3,7,10H,9H2,(H,11,12)(H,13,14,15). The summed E-state index contributed by atoms with van der Waals surface area (Å²) < 4.78 is 30.3. The van der Waals surface area contributed by atoms with E-state index in [0.717, 1.165) is 18.2 Å². The highest BCUT2D eigenvalue weighted by atomic mass is 32.2. The lowest BCUT2D eigenvalue weighted by molar-refractivity contribution is -0.138. The molecule has 8 heteroatoms. The molecule has 1 aromatic rings. The summed E-state index contributed by atoms with van der Waals surface area (Å²) in [5, 5.41) is 17.9. The molecule has 5 N–H and O–H groups in total. The first kappa shape index (κ1) is 12.4. The van der Waals surface area contributed by atoms with Crippen LogP contribution in [0.2, 0.25) is 0 Å². The summed E-state index contributed by atoms with van der Waals surface area (Å²) in [4.78, 5) is 10.0. The predicted molar refractivity (Wildman–Crippen MR) is 52.5 cm³/mol. The molecule has 1 aromatic carbocycles. The van der Waals surface area contributed by atoms with Crippen molar-refractivity contribution in [3.63, 3.8) is 0 Å². The highest BCUT2D eigenvalue weighted by Crippen LogP contribution is 2.25. The van der Waals surface area contributed by atoms with Crippen molar-refractivity contribution in [3.8, 4) is 5.75 Å². The van der Waals surface area contributed by atoms with Gasteiger partial charge >= 0.3 is 5.97 Å². The van der Waals surface area contributed by atoms with Gasteiger partial charge < -0.3 is 15.9 Å². The van der Waals surface area contributed by atoms with Crippen LogP contribution in [0.4, 0.5) is 0 Å². The Hall–Kier alpha value is -1.64. The smallest absolute Gasteiger partial charge is 0.325 e. The Kier molecular flexibility index (Phi) is 3.17. The lowest BCUT2D eigenvalue weighted by Gasteiger charge is -2.09. The number of carboxylic acid groups (broad SMARTS) is 1. The van der Waals surface area contributed by atoms with Crippen molar-refractivity contribution in [3.05, 3.63) is 23.8 Å². The number of rotatable bonds is 3. The van der Waals surface area contributed by atoms with E-state index in [0.29, 0.717) is 0 Å². The molecule has 0 fully saturated rings. The number of aliphatic carboxylic acids is 1. The van der Waals surface area contributed by atoms with E-state index in [1.807, 2.05) is 0 Å². The molecule has 16 heavy (non-hydrogen) atoms. The summed E-state index contributed by atoms with van der Waals surface area (Å²) in [6.07, 6.45) is 0. The first-order valence-electron chi connectivity index (χ1n) is 4.02. The van der Waals surface area contributed by atoms with E-state index in [1.165, 1.54) is 0 Å². The Morgan fingerprint density at radius 3 is 2.38 bits per heavy atom. The maximum Gasteiger partial charge on any atom is 0.325 e. The predicted octanol–water partition coefficient (Wildman–Crippen LogP) is -0.277. The number of hydrogen-bond acceptors (Lipinski definition) is 5. The second-order valence-corrected chi connectivity index (χ2v) is 4.43. The largest absolute Gasteiger partial charge is 0.508 e. The van der Waals surface area contributed by atoms with Gasteiger partial charge in [0.1, 0.15) is 11.8 Å². The molecule has 0 heterocycles. The van der Waals surface area contributed by atoms with Crippen LogP contribution in [0.3, 0.4) is 0 Å². The summed E-state index contributed by atoms with van der Waals surface area (Å²) in [5.74, 6) is -1.88. The minimum absolute atomic E-state index is 0.289. The molecule has 7 nitrogen and oxygen atoms in total. The monoisotopic (exact) mass is 247 g/mol. The average molecular weight is 247 g/mol. The van der Waals surface area contributed by atoms with E-state index in [1.54, 1.807) is 0 Å². The van der Waals surface area contributed by atoms with Gasteiger partial charge in [-0.15, -0.1) is 0 Å². The van der Waals surface area contributed by atoms with Crippen molar-refractivity contribution in [1.82, 2.24) is 0 Å². The van der Waals surface area contributed by atoms with Gasteiger partial charge in [-0.25, -0.2) is 0 Å². The van der Waals surface area contributed by atoms with Crippen molar-refractivity contribution in [2.75, 3.05) is 0 Å². The third-order valence-electron chi connectivity index (χ3n) is 1.90. The maximum absolute atomic E-state index is 10.8. The summed E-state index contributed by atoms with van der Waals surface area (Å²) in [7, 11) is -4.46. The van der Waals surface area contributed by atoms with E-state index in [9.17, 15) is 18.3 Å². The van der Waals surface area contributed by atoms with Crippen LogP contribution in [0.25, 0.3) is 0 Å². The SMILES string of the molecule is NC(C(=O)O)c1cc(S(=O)(=O)O)ccc1O. The number of carbonyl (C=O) groups is 1. The van der Waals surface area contributed by atoms with Crippen LogP contribution in [0.1, 0.15) is 11.6 Å². The number of phenolic OH excluding ortho intramolecular Hbond substituents is 1. The van der Waals surface area contributed by atoms with Crippen LogP contribution in [0, 0.1) is 0 Å². The van der Waals surface area contributed by atoms with Crippen LogP contribution in [0.5, 0.6) is 5.75 Å². The van der Waals surface area contributed by atoms with E-state index in [2.05, 4.69) is 0 Å². The van der Waals surface area contributed by atoms with Gasteiger partial charge in [-0.2, -0.15) is 8.42 Å². The molecule has 0 bridgehead atoms. The second-order valence-electron chi connectivity index (χ2n) is 3.01. The molecule has 0 saturated heterocycles. The van der Waals surface area contributed by atoms with Crippen LogP contribution in [0.15, 0.2) is 23.1 Å². The normalized spacial score (nSPS) is 13.4. The molecular weight excluding hydrogens is 238 g/mol. The van der Waals surface area contributed by atoms with Gasteiger partial charge in [-0.05, 0) is 18.2 Å². The second kappa shape index (κ2) is 4.08. The van der Waals surface area contributed by atoms with Gasteiger partial charge in [0, 0.05) is 5.56 Å². The minimum atomic E-state index is -4.46. The zero-order chi connectivity index (χ0) is 12.5. The molecule has 0 radical (unpaired) electrons. The Balaban J connectivity index is 3.35. The van der Waals surface area contributed by atoms with Crippen molar-refractivity contribution in [1.29, 1.82) is 0 Å². The van der Waals surface area contributed by atoms with Crippen LogP contribution in [-0.2, 0) is 14.9 Å². The fourth-order valence-electron chi connectivity index (χ4n) is 1.08. The molecule has 0 aliphatic rings. The number of carboxylic acids is 1. The highest BCUT2D eigenvalue weighted by Gasteiger charge is 2.21. The van der Waals surface area contributed by atoms with E-state index < -0.39 is 32.8 Å². The van der Waals surface area contributed by atoms with Crippen LogP contribution in [-0.4, -0.2) is 29.2 Å². The topological polar surface area (TPSA) is 138 Å². The number of aromatic hydroxyl groups is 1. The third kappa shape index (κ3) is 2.48. The maximum atomic E-state index is 10.8. The van der Waals surface area contributed by atoms with Crippen molar-refractivity contribution in [2.45, 2.75) is 10.9 Å². The van der Waals surface area contributed by atoms with Crippen LogP contribution >= 0.6 is 0 Å². The van der Waals surface area contributed by atoms with Gasteiger partial charge in [0.05, 0.1) is 4.90 Å². The molecule has 0 spiro atoms. The number of nitrogens with two attached hydrogens (primary N) is 1. The molecule has 0 aliphatic heterocycles. The fourth-order valence-corrected chi connectivity index (χ4v) is 1.59. The van der Waals surface area contributed by atoms with Crippen molar-refractivity contribution < 1.29 is 28.0 Å². The molecule has 0 saturated carbocycles. The molecular formula is C8H9NO6S. The molecule has 88 valence electrons. The molecule has 0 amide bonds. The molecule has 0 aliphatic carbocycles. The summed E-state index contributed by atoms with van der Waals surface area (Å²) in [5.41, 5.74) is 4.93. The quantitative estimate of drug-likeness (QED) is 0.539. The summed E-state index contributed by atoms with van der Waals surface area (Å²) >= 11 is 0. The Morgan fingerprint density at radius 2 is 1.94 bits per heavy atom. The summed E-state index contributed by atoms with van der Waals surface area (Å²) in [6.45, 7) is 0. The number of hydrogen-bond donors (Lipinski definition) is 4. The van der Waals surface area contributed by atoms with Gasteiger partial charge in [0.2, 0.25) is 0 Å². The number of phenols is 1. The molecule has 0 aromatic heterocycles. The van der Waals surface area contributed by atoms with Crippen molar-refractivity contribution in [2.24, 2.45) is 5.73 Å². The van der Waals surface area contributed by atoms with E-state index in [4.69, 9.17) is 15.4 Å². The van der Waals surface area contributed by atoms with E-state index in [-0.39, 0.29) is 5.56 Å². The lowest BCUT2D eigenvalue weighted by atomic mass is 10.1. The Labute approximate surface area is 90.9 Å². The zero-order valence-corrected chi connectivity index (χ0v) is 8.68. The third-order valence-corrected chi connectivity index (χ3v) is 2.75. The Morgan fingerprint density at radius 1 is 1.38 bits per heavy atom. The van der Waals surface area contributed by atoms with E-state index >= 15 is 0 Å². The Bertz CT molecular complexity index is 523. The average Bonchev–Trinajstić information content (AvgIpc) is 2.15. The highest BCUT2D eigenvalue weighted by molar-refractivity contribution is 7.85. The van der Waals surface area contributed by atoms with Gasteiger partial charge in [0.25, 0.3) is 10.1 Å². The first-order chi connectivity index (χ1) is 7.23. The van der Waals surface area contributed by atoms with Gasteiger partial charge in [0.15, 0.2) is 0 Å². The summed E-state index contributed by atoms with van der Waals surface area (Å²) in [6, 6.07) is 1.12. The molecule has 1 atom stereocenters. The molecule has 1 unspecified atom stereocenters. The fraction of sp³-hybridized carbons (Fsp3) is 0.125. The lowest BCUT2D eigenvalue weighted by Crippen LogP contribution is -2.21. The minimum Gasteiger partial charge on any atom is -0.508 e. The first-order valence-corrected chi connectivity index (χ1v) is 5.46. The number of benzene rings is 1. The zero-order valence-electron chi connectivity index (χ0n) is 7.86. The van der Waals surface area contributed by atoms with Gasteiger partial charge in [-0.1, -0.05) is 0 Å². The van der Waals surface area contributed by atoms with Gasteiger partial charge in [-0.3, -0.25) is 9.35 Å². The van der Waals surface area contributed by atoms with Crippen LogP contribution < -0.4 is 5.73 Å². The van der Waals surface area contributed by atoms with Crippen molar-refractivity contribution >= 4 is 16.1 Å². The molecule has 1 rings (SSSR count).